The van der Waals surface area contributed by atoms with Gasteiger partial charge in [0.05, 0.1) is 10.0 Å². The van der Waals surface area contributed by atoms with Crippen LogP contribution in [0, 0.1) is 20.8 Å². The van der Waals surface area contributed by atoms with Crippen LogP contribution < -0.4 is 15.0 Å². The van der Waals surface area contributed by atoms with E-state index in [1.165, 1.54) is 0 Å². The first-order valence-corrected chi connectivity index (χ1v) is 13.1. The number of benzene rings is 3. The van der Waals surface area contributed by atoms with Gasteiger partial charge in [0, 0.05) is 48.1 Å². The predicted molar refractivity (Wildman–Crippen MR) is 151 cm³/mol. The van der Waals surface area contributed by atoms with Gasteiger partial charge in [0.15, 0.2) is 12.4 Å². The molecule has 0 bridgehead atoms. The lowest BCUT2D eigenvalue weighted by Crippen LogP contribution is -2.48. The van der Waals surface area contributed by atoms with Crippen molar-refractivity contribution in [3.8, 4) is 5.75 Å². The quantitative estimate of drug-likeness (QED) is 0.371. The Kier molecular flexibility index (Phi) is 8.53. The van der Waals surface area contributed by atoms with Crippen LogP contribution in [0.4, 0.5) is 11.4 Å². The molecule has 0 radical (unpaired) electrons. The lowest BCUT2D eigenvalue weighted by atomic mass is 10.1. The number of ether oxygens (including phenoxy) is 1. The molecule has 1 saturated heterocycles. The van der Waals surface area contributed by atoms with Crippen LogP contribution in [-0.2, 0) is 4.79 Å². The number of rotatable bonds is 6. The highest BCUT2D eigenvalue weighted by Gasteiger charge is 2.22. The molecular formula is C28H28Cl3N3O3. The number of carbonyl (C=O) groups excluding carboxylic acids is 2. The van der Waals surface area contributed by atoms with Crippen molar-refractivity contribution < 1.29 is 14.3 Å². The number of halogens is 3. The molecule has 194 valence electrons. The van der Waals surface area contributed by atoms with Crippen LogP contribution >= 0.6 is 34.8 Å². The van der Waals surface area contributed by atoms with E-state index in [0.29, 0.717) is 50.5 Å². The van der Waals surface area contributed by atoms with E-state index in [4.69, 9.17) is 39.5 Å². The number of hydrogen-bond acceptors (Lipinski definition) is 4. The van der Waals surface area contributed by atoms with Crippen LogP contribution in [0.25, 0.3) is 0 Å². The van der Waals surface area contributed by atoms with Gasteiger partial charge in [0.25, 0.3) is 11.8 Å². The number of anilines is 2. The topological polar surface area (TPSA) is 61.9 Å². The van der Waals surface area contributed by atoms with Gasteiger partial charge in [-0.1, -0.05) is 52.5 Å². The molecule has 37 heavy (non-hydrogen) atoms. The molecule has 1 N–H and O–H groups in total. The van der Waals surface area contributed by atoms with Gasteiger partial charge in [-0.25, -0.2) is 0 Å². The molecule has 3 aromatic rings. The average molecular weight is 561 g/mol. The minimum Gasteiger partial charge on any atom is -0.481 e. The van der Waals surface area contributed by atoms with Crippen molar-refractivity contribution in [2.45, 2.75) is 20.8 Å². The second-order valence-electron chi connectivity index (χ2n) is 9.05. The molecule has 1 fully saturated rings. The van der Waals surface area contributed by atoms with Crippen molar-refractivity contribution >= 4 is 58.0 Å². The first-order chi connectivity index (χ1) is 17.7. The van der Waals surface area contributed by atoms with E-state index in [1.54, 1.807) is 13.8 Å². The number of nitrogens with one attached hydrogen (secondary N) is 1. The van der Waals surface area contributed by atoms with Crippen LogP contribution in [0.2, 0.25) is 15.1 Å². The highest BCUT2D eigenvalue weighted by atomic mass is 35.5. The Morgan fingerprint density at radius 1 is 0.811 bits per heavy atom. The number of piperazine rings is 1. The first-order valence-electron chi connectivity index (χ1n) is 11.9. The standard InChI is InChI=1S/C28H28Cl3N3O3/c1-17-4-6-20(7-5-17)28(36)34-14-12-33(13-15-34)22-10-8-21(9-11-22)32-23(35)16-37-27-25(30)18(2)24(29)19(3)26(27)31/h4-11H,12-16H2,1-3H3,(H,32,35). The third-order valence-corrected chi connectivity index (χ3v) is 7.92. The zero-order chi connectivity index (χ0) is 26.7. The molecule has 4 rings (SSSR count). The SMILES string of the molecule is Cc1ccc(C(=O)N2CCN(c3ccc(NC(=O)COc4c(Cl)c(C)c(Cl)c(C)c4Cl)cc3)CC2)cc1. The van der Waals surface area contributed by atoms with Crippen LogP contribution in [0.1, 0.15) is 27.0 Å². The summed E-state index contributed by atoms with van der Waals surface area (Å²) in [6.07, 6.45) is 0. The second-order valence-corrected chi connectivity index (χ2v) is 10.2. The molecule has 1 heterocycles. The summed E-state index contributed by atoms with van der Waals surface area (Å²) in [7, 11) is 0. The monoisotopic (exact) mass is 559 g/mol. The maximum atomic E-state index is 12.8. The Hall–Kier alpha value is -2.93. The fourth-order valence-corrected chi connectivity index (χ4v) is 5.00. The molecule has 0 saturated carbocycles. The zero-order valence-corrected chi connectivity index (χ0v) is 23.2. The molecule has 0 aliphatic carbocycles. The lowest BCUT2D eigenvalue weighted by molar-refractivity contribution is -0.118. The maximum absolute atomic E-state index is 12.8. The molecule has 0 atom stereocenters. The third-order valence-electron chi connectivity index (χ3n) is 6.44. The van der Waals surface area contributed by atoms with Crippen molar-refractivity contribution in [2.24, 2.45) is 0 Å². The van der Waals surface area contributed by atoms with E-state index in [0.717, 1.165) is 24.3 Å². The van der Waals surface area contributed by atoms with Crippen molar-refractivity contribution in [3.63, 3.8) is 0 Å². The summed E-state index contributed by atoms with van der Waals surface area (Å²) >= 11 is 18.9. The summed E-state index contributed by atoms with van der Waals surface area (Å²) in [6.45, 7) is 8.06. The van der Waals surface area contributed by atoms with Crippen LogP contribution in [0.15, 0.2) is 48.5 Å². The summed E-state index contributed by atoms with van der Waals surface area (Å²) in [6, 6.07) is 15.3. The number of amides is 2. The van der Waals surface area contributed by atoms with E-state index in [1.807, 2.05) is 60.4 Å². The number of hydrogen-bond donors (Lipinski definition) is 1. The molecule has 6 nitrogen and oxygen atoms in total. The summed E-state index contributed by atoms with van der Waals surface area (Å²) in [5, 5.41) is 3.88. The van der Waals surface area contributed by atoms with Crippen molar-refractivity contribution in [1.29, 1.82) is 0 Å². The van der Waals surface area contributed by atoms with E-state index in [2.05, 4.69) is 10.2 Å². The van der Waals surface area contributed by atoms with Gasteiger partial charge >= 0.3 is 0 Å². The highest BCUT2D eigenvalue weighted by Crippen LogP contribution is 2.42. The van der Waals surface area contributed by atoms with E-state index >= 15 is 0 Å². The Labute approximate surface area is 232 Å². The van der Waals surface area contributed by atoms with Crippen molar-refractivity contribution in [1.82, 2.24) is 4.90 Å². The molecule has 9 heteroatoms. The normalized spacial score (nSPS) is 13.5. The first kappa shape index (κ1) is 27.1. The zero-order valence-electron chi connectivity index (χ0n) is 20.9. The minimum atomic E-state index is -0.339. The summed E-state index contributed by atoms with van der Waals surface area (Å²) < 4.78 is 5.63. The summed E-state index contributed by atoms with van der Waals surface area (Å²) in [5.41, 5.74) is 4.82. The second kappa shape index (κ2) is 11.6. The average Bonchev–Trinajstić information content (AvgIpc) is 2.91. The van der Waals surface area contributed by atoms with E-state index in [9.17, 15) is 9.59 Å². The molecule has 0 unspecified atom stereocenters. The highest BCUT2D eigenvalue weighted by molar-refractivity contribution is 6.42. The maximum Gasteiger partial charge on any atom is 0.262 e. The van der Waals surface area contributed by atoms with Gasteiger partial charge in [0.1, 0.15) is 0 Å². The third kappa shape index (κ3) is 6.15. The number of nitrogens with zero attached hydrogens (tertiary/aromatic N) is 2. The van der Waals surface area contributed by atoms with E-state index < -0.39 is 0 Å². The molecule has 0 aromatic heterocycles. The predicted octanol–water partition coefficient (Wildman–Crippen LogP) is 6.55. The lowest BCUT2D eigenvalue weighted by Gasteiger charge is -2.36. The summed E-state index contributed by atoms with van der Waals surface area (Å²) in [5.74, 6) is -0.0342. The largest absolute Gasteiger partial charge is 0.481 e. The van der Waals surface area contributed by atoms with Gasteiger partial charge in [0.2, 0.25) is 0 Å². The number of carbonyl (C=O) groups is 2. The molecule has 1 aliphatic rings. The Morgan fingerprint density at radius 2 is 1.38 bits per heavy atom. The smallest absolute Gasteiger partial charge is 0.262 e. The fraction of sp³-hybridized carbons (Fsp3) is 0.286. The van der Waals surface area contributed by atoms with Gasteiger partial charge < -0.3 is 19.9 Å². The van der Waals surface area contributed by atoms with E-state index in [-0.39, 0.29) is 24.2 Å². The Bertz CT molecular complexity index is 1270. The molecular weight excluding hydrogens is 533 g/mol. The molecule has 2 amide bonds. The van der Waals surface area contributed by atoms with Crippen molar-refractivity contribution in [3.05, 3.63) is 85.9 Å². The van der Waals surface area contributed by atoms with Gasteiger partial charge in [-0.2, -0.15) is 0 Å². The van der Waals surface area contributed by atoms with Crippen LogP contribution in [0.5, 0.6) is 5.75 Å². The molecule has 3 aromatic carbocycles. The Balaban J connectivity index is 1.29. The van der Waals surface area contributed by atoms with Gasteiger partial charge in [-0.15, -0.1) is 0 Å². The van der Waals surface area contributed by atoms with Crippen LogP contribution in [-0.4, -0.2) is 49.5 Å². The van der Waals surface area contributed by atoms with Gasteiger partial charge in [-0.05, 0) is 68.3 Å². The van der Waals surface area contributed by atoms with Crippen LogP contribution in [0.3, 0.4) is 0 Å². The fourth-order valence-electron chi connectivity index (χ4n) is 4.17. The Morgan fingerprint density at radius 3 is 1.95 bits per heavy atom. The van der Waals surface area contributed by atoms with Crippen molar-refractivity contribution in [2.75, 3.05) is 43.0 Å². The number of aryl methyl sites for hydroxylation is 1. The molecule has 1 aliphatic heterocycles. The summed E-state index contributed by atoms with van der Waals surface area (Å²) in [4.78, 5) is 29.4. The van der Waals surface area contributed by atoms with Gasteiger partial charge in [-0.3, -0.25) is 9.59 Å². The minimum absolute atomic E-state index is 0.0615. The molecule has 0 spiro atoms.